The Bertz CT molecular complexity index is 115. The van der Waals surface area contributed by atoms with Crippen molar-refractivity contribution in [2.24, 2.45) is 0 Å². The van der Waals surface area contributed by atoms with Crippen molar-refractivity contribution in [3.05, 3.63) is 12.7 Å². The van der Waals surface area contributed by atoms with Gasteiger partial charge in [0, 0.05) is 19.8 Å². The molecule has 1 atom stereocenters. The van der Waals surface area contributed by atoms with Crippen molar-refractivity contribution in [1.29, 1.82) is 0 Å². The van der Waals surface area contributed by atoms with E-state index in [0.29, 0.717) is 6.04 Å². The molecule has 0 amide bonds. The fourth-order valence-electron chi connectivity index (χ4n) is 1.33. The lowest BCUT2D eigenvalue weighted by Crippen LogP contribution is -2.29. The van der Waals surface area contributed by atoms with Gasteiger partial charge in [0.1, 0.15) is 0 Å². The molecular formula is C11H23NO. The van der Waals surface area contributed by atoms with Gasteiger partial charge in [-0.05, 0) is 32.2 Å². The molecule has 0 aromatic carbocycles. The highest BCUT2D eigenvalue weighted by molar-refractivity contribution is 4.77. The maximum absolute atomic E-state index is 5.02. The maximum Gasteiger partial charge on any atom is 0.0462 e. The van der Waals surface area contributed by atoms with Crippen molar-refractivity contribution in [2.45, 2.75) is 38.6 Å². The molecule has 0 saturated carbocycles. The molecule has 0 aliphatic carbocycles. The molecule has 1 unspecified atom stereocenters. The molecular weight excluding hydrogens is 162 g/mol. The van der Waals surface area contributed by atoms with Crippen molar-refractivity contribution in [3.8, 4) is 0 Å². The summed E-state index contributed by atoms with van der Waals surface area (Å²) < 4.78 is 5.02. The molecule has 2 nitrogen and oxygen atoms in total. The lowest BCUT2D eigenvalue weighted by Gasteiger charge is -2.16. The molecule has 0 saturated heterocycles. The summed E-state index contributed by atoms with van der Waals surface area (Å²) in [6, 6.07) is 0.590. The molecule has 78 valence electrons. The highest BCUT2D eigenvalue weighted by Gasteiger charge is 2.04. The fourth-order valence-corrected chi connectivity index (χ4v) is 1.33. The molecule has 0 aromatic heterocycles. The van der Waals surface area contributed by atoms with Crippen LogP contribution in [0.3, 0.4) is 0 Å². The van der Waals surface area contributed by atoms with E-state index in [1.807, 2.05) is 6.08 Å². The van der Waals surface area contributed by atoms with Crippen molar-refractivity contribution < 1.29 is 4.74 Å². The van der Waals surface area contributed by atoms with Gasteiger partial charge in [0.15, 0.2) is 0 Å². The Morgan fingerprint density at radius 1 is 1.54 bits per heavy atom. The zero-order valence-corrected chi connectivity index (χ0v) is 9.01. The molecule has 0 radical (unpaired) electrons. The van der Waals surface area contributed by atoms with Gasteiger partial charge in [0.25, 0.3) is 0 Å². The second kappa shape index (κ2) is 9.75. The topological polar surface area (TPSA) is 21.3 Å². The summed E-state index contributed by atoms with van der Waals surface area (Å²) in [5, 5.41) is 3.50. The van der Waals surface area contributed by atoms with Crippen molar-refractivity contribution in [2.75, 3.05) is 20.3 Å². The van der Waals surface area contributed by atoms with Crippen molar-refractivity contribution in [3.63, 3.8) is 0 Å². The molecule has 0 bridgehead atoms. The smallest absolute Gasteiger partial charge is 0.0462 e. The van der Waals surface area contributed by atoms with E-state index in [9.17, 15) is 0 Å². The van der Waals surface area contributed by atoms with Gasteiger partial charge in [-0.15, -0.1) is 6.58 Å². The largest absolute Gasteiger partial charge is 0.385 e. The van der Waals surface area contributed by atoms with Crippen LogP contribution in [0.25, 0.3) is 0 Å². The SMILES string of the molecule is C=CCC(CCCOC)NCCC. The standard InChI is InChI=1S/C11H23NO/c1-4-7-11(12-9-5-2)8-6-10-13-3/h4,11-12H,1,5-10H2,2-3H3. The normalized spacial score (nSPS) is 12.8. The van der Waals surface area contributed by atoms with Crippen LogP contribution in [-0.4, -0.2) is 26.3 Å². The van der Waals surface area contributed by atoms with Crippen molar-refractivity contribution in [1.82, 2.24) is 5.32 Å². The van der Waals surface area contributed by atoms with Gasteiger partial charge in [-0.1, -0.05) is 13.0 Å². The summed E-state index contributed by atoms with van der Waals surface area (Å²) in [5.74, 6) is 0. The van der Waals surface area contributed by atoms with E-state index in [-0.39, 0.29) is 0 Å². The van der Waals surface area contributed by atoms with Crippen LogP contribution >= 0.6 is 0 Å². The monoisotopic (exact) mass is 185 g/mol. The first-order valence-electron chi connectivity index (χ1n) is 5.18. The minimum Gasteiger partial charge on any atom is -0.385 e. The second-order valence-electron chi connectivity index (χ2n) is 3.31. The van der Waals surface area contributed by atoms with Crippen molar-refractivity contribution >= 4 is 0 Å². The summed E-state index contributed by atoms with van der Waals surface area (Å²) in [6.45, 7) is 7.92. The Kier molecular flexibility index (Phi) is 9.49. The summed E-state index contributed by atoms with van der Waals surface area (Å²) in [7, 11) is 1.75. The Balaban J connectivity index is 3.47. The van der Waals surface area contributed by atoms with Crippen LogP contribution in [0, 0.1) is 0 Å². The molecule has 0 aliphatic rings. The number of methoxy groups -OCH3 is 1. The molecule has 1 N–H and O–H groups in total. The third-order valence-electron chi connectivity index (χ3n) is 2.04. The average molecular weight is 185 g/mol. The first-order chi connectivity index (χ1) is 6.35. The van der Waals surface area contributed by atoms with Gasteiger partial charge in [-0.25, -0.2) is 0 Å². The minimum atomic E-state index is 0.590. The van der Waals surface area contributed by atoms with E-state index in [0.717, 1.165) is 26.0 Å². The molecule has 2 heteroatoms. The number of nitrogens with one attached hydrogen (secondary N) is 1. The van der Waals surface area contributed by atoms with Crippen LogP contribution in [0.4, 0.5) is 0 Å². The van der Waals surface area contributed by atoms with Crippen LogP contribution in [0.5, 0.6) is 0 Å². The van der Waals surface area contributed by atoms with Crippen LogP contribution < -0.4 is 5.32 Å². The zero-order chi connectivity index (χ0) is 9.94. The molecule has 0 aromatic rings. The van der Waals surface area contributed by atoms with Gasteiger partial charge < -0.3 is 10.1 Å². The van der Waals surface area contributed by atoms with E-state index in [2.05, 4.69) is 18.8 Å². The molecule has 13 heavy (non-hydrogen) atoms. The minimum absolute atomic E-state index is 0.590. The quantitative estimate of drug-likeness (QED) is 0.440. The van der Waals surface area contributed by atoms with E-state index >= 15 is 0 Å². The van der Waals surface area contributed by atoms with Gasteiger partial charge in [0.2, 0.25) is 0 Å². The molecule has 0 fully saturated rings. The Hall–Kier alpha value is -0.340. The lowest BCUT2D eigenvalue weighted by atomic mass is 10.1. The third-order valence-corrected chi connectivity index (χ3v) is 2.04. The van der Waals surface area contributed by atoms with E-state index in [1.165, 1.54) is 12.8 Å². The Morgan fingerprint density at radius 2 is 2.31 bits per heavy atom. The highest BCUT2D eigenvalue weighted by Crippen LogP contribution is 2.02. The Morgan fingerprint density at radius 3 is 2.85 bits per heavy atom. The summed E-state index contributed by atoms with van der Waals surface area (Å²) >= 11 is 0. The predicted molar refractivity (Wildman–Crippen MR) is 58.0 cm³/mol. The zero-order valence-electron chi connectivity index (χ0n) is 9.01. The fraction of sp³-hybridized carbons (Fsp3) is 0.818. The number of rotatable bonds is 9. The molecule has 0 heterocycles. The first-order valence-corrected chi connectivity index (χ1v) is 5.18. The second-order valence-corrected chi connectivity index (χ2v) is 3.31. The lowest BCUT2D eigenvalue weighted by molar-refractivity contribution is 0.188. The Labute approximate surface area is 82.4 Å². The molecule has 0 rings (SSSR count). The van der Waals surface area contributed by atoms with Crippen LogP contribution in [0.1, 0.15) is 32.6 Å². The van der Waals surface area contributed by atoms with Gasteiger partial charge in [-0.2, -0.15) is 0 Å². The van der Waals surface area contributed by atoms with Gasteiger partial charge in [-0.3, -0.25) is 0 Å². The summed E-state index contributed by atoms with van der Waals surface area (Å²) in [5.41, 5.74) is 0. The van der Waals surface area contributed by atoms with Gasteiger partial charge in [0.05, 0.1) is 0 Å². The number of ether oxygens (including phenoxy) is 1. The first kappa shape index (κ1) is 12.7. The number of hydrogen-bond donors (Lipinski definition) is 1. The van der Waals surface area contributed by atoms with Crippen LogP contribution in [0.2, 0.25) is 0 Å². The maximum atomic E-state index is 5.02. The predicted octanol–water partition coefficient (Wildman–Crippen LogP) is 2.36. The average Bonchev–Trinajstić information content (AvgIpc) is 2.14. The van der Waals surface area contributed by atoms with E-state index in [1.54, 1.807) is 7.11 Å². The van der Waals surface area contributed by atoms with E-state index < -0.39 is 0 Å². The number of hydrogen-bond acceptors (Lipinski definition) is 2. The van der Waals surface area contributed by atoms with Crippen LogP contribution in [-0.2, 0) is 4.74 Å². The third kappa shape index (κ3) is 8.00. The molecule has 0 spiro atoms. The van der Waals surface area contributed by atoms with Crippen LogP contribution in [0.15, 0.2) is 12.7 Å². The summed E-state index contributed by atoms with van der Waals surface area (Å²) in [4.78, 5) is 0. The molecule has 0 aliphatic heterocycles. The summed E-state index contributed by atoms with van der Waals surface area (Å²) in [6.07, 6.45) is 6.55. The van der Waals surface area contributed by atoms with E-state index in [4.69, 9.17) is 4.74 Å². The van der Waals surface area contributed by atoms with Gasteiger partial charge >= 0.3 is 0 Å². The highest BCUT2D eigenvalue weighted by atomic mass is 16.5.